The lowest BCUT2D eigenvalue weighted by Crippen LogP contribution is -2.42. The number of aryl methyl sites for hydroxylation is 3. The molecule has 5 rings (SSSR count). The van der Waals surface area contributed by atoms with Crippen molar-refractivity contribution in [3.8, 4) is 5.69 Å². The molecule has 2 heterocycles. The molecule has 0 radical (unpaired) electrons. The molecule has 1 amide bonds. The van der Waals surface area contributed by atoms with Crippen LogP contribution in [-0.2, 0) is 22.4 Å². The minimum atomic E-state index is -0.237. The number of carbonyl (C=O) groups is 2. The number of benzene rings is 2. The third-order valence-corrected chi connectivity index (χ3v) is 8.29. The van der Waals surface area contributed by atoms with Gasteiger partial charge in [0.05, 0.1) is 29.9 Å². The summed E-state index contributed by atoms with van der Waals surface area (Å²) in [6, 6.07) is 14.5. The number of hydrogen-bond acceptors (Lipinski definition) is 5. The summed E-state index contributed by atoms with van der Waals surface area (Å²) in [5.41, 5.74) is 7.83. The summed E-state index contributed by atoms with van der Waals surface area (Å²) in [5, 5.41) is 8.57. The van der Waals surface area contributed by atoms with E-state index in [9.17, 15) is 9.59 Å². The Hall–Kier alpha value is -3.61. The van der Waals surface area contributed by atoms with E-state index in [1.54, 1.807) is 4.90 Å². The Morgan fingerprint density at radius 3 is 2.55 bits per heavy atom. The SMILES string of the molecule is CCOC(=O)[C@@H]1CCCN(C(=O)c2ccc(NC(c3ccc(-n4cc5c(n4)CCCC5)cc3C)C(C)C)cc2)C1. The van der Waals surface area contributed by atoms with E-state index in [0.717, 1.165) is 37.1 Å². The van der Waals surface area contributed by atoms with Crippen LogP contribution in [0.3, 0.4) is 0 Å². The summed E-state index contributed by atoms with van der Waals surface area (Å²) in [5.74, 6) is -0.117. The largest absolute Gasteiger partial charge is 0.466 e. The highest BCUT2D eigenvalue weighted by atomic mass is 16.5. The maximum Gasteiger partial charge on any atom is 0.310 e. The lowest BCUT2D eigenvalue weighted by atomic mass is 9.92. The van der Waals surface area contributed by atoms with Crippen LogP contribution in [-0.4, -0.2) is 46.3 Å². The molecule has 7 nitrogen and oxygen atoms in total. The molecule has 1 N–H and O–H groups in total. The first-order chi connectivity index (χ1) is 19.3. The zero-order valence-corrected chi connectivity index (χ0v) is 24.3. The molecule has 2 atom stereocenters. The molecule has 0 bridgehead atoms. The van der Waals surface area contributed by atoms with Crippen LogP contribution in [0.5, 0.6) is 0 Å². The van der Waals surface area contributed by atoms with Gasteiger partial charge in [-0.05, 0) is 111 Å². The number of nitrogens with one attached hydrogen (secondary N) is 1. The van der Waals surface area contributed by atoms with Crippen LogP contribution in [0.2, 0.25) is 0 Å². The van der Waals surface area contributed by atoms with Crippen molar-refractivity contribution in [3.05, 3.63) is 76.6 Å². The van der Waals surface area contributed by atoms with Gasteiger partial charge in [-0.3, -0.25) is 9.59 Å². The van der Waals surface area contributed by atoms with Gasteiger partial charge in [0.2, 0.25) is 0 Å². The summed E-state index contributed by atoms with van der Waals surface area (Å²) >= 11 is 0. The Morgan fingerprint density at radius 2 is 1.85 bits per heavy atom. The molecule has 212 valence electrons. The predicted molar refractivity (Wildman–Crippen MR) is 158 cm³/mol. The molecule has 1 aliphatic carbocycles. The third-order valence-electron chi connectivity index (χ3n) is 8.29. The number of aromatic nitrogens is 2. The van der Waals surface area contributed by atoms with E-state index in [0.29, 0.717) is 31.2 Å². The summed E-state index contributed by atoms with van der Waals surface area (Å²) in [4.78, 5) is 27.2. The molecule has 1 fully saturated rings. The molecular weight excluding hydrogens is 500 g/mol. The number of ether oxygens (including phenoxy) is 1. The van der Waals surface area contributed by atoms with Crippen molar-refractivity contribution >= 4 is 17.6 Å². The predicted octanol–water partition coefficient (Wildman–Crippen LogP) is 6.28. The van der Waals surface area contributed by atoms with Crippen molar-refractivity contribution in [2.24, 2.45) is 11.8 Å². The van der Waals surface area contributed by atoms with Crippen molar-refractivity contribution in [2.75, 3.05) is 25.0 Å². The molecule has 2 aromatic carbocycles. The molecule has 1 aromatic heterocycles. The fourth-order valence-electron chi connectivity index (χ4n) is 6.04. The maximum atomic E-state index is 13.2. The highest BCUT2D eigenvalue weighted by Crippen LogP contribution is 2.31. The van der Waals surface area contributed by atoms with Crippen LogP contribution in [0.15, 0.2) is 48.7 Å². The van der Waals surface area contributed by atoms with E-state index in [1.165, 1.54) is 35.2 Å². The molecule has 3 aromatic rings. The highest BCUT2D eigenvalue weighted by molar-refractivity contribution is 5.95. The summed E-state index contributed by atoms with van der Waals surface area (Å²) in [7, 11) is 0. The molecule has 1 aliphatic heterocycles. The average Bonchev–Trinajstić information content (AvgIpc) is 3.41. The smallest absolute Gasteiger partial charge is 0.310 e. The molecule has 7 heteroatoms. The van der Waals surface area contributed by atoms with Crippen molar-refractivity contribution < 1.29 is 14.3 Å². The van der Waals surface area contributed by atoms with Crippen molar-refractivity contribution in [1.29, 1.82) is 0 Å². The number of amides is 1. The lowest BCUT2D eigenvalue weighted by molar-refractivity contribution is -0.149. The van der Waals surface area contributed by atoms with Crippen LogP contribution in [0.4, 0.5) is 5.69 Å². The average molecular weight is 543 g/mol. The van der Waals surface area contributed by atoms with Gasteiger partial charge < -0.3 is 15.0 Å². The number of hydrogen-bond donors (Lipinski definition) is 1. The second kappa shape index (κ2) is 12.3. The van der Waals surface area contributed by atoms with Crippen LogP contribution < -0.4 is 5.32 Å². The van der Waals surface area contributed by atoms with E-state index in [1.807, 2.05) is 35.9 Å². The van der Waals surface area contributed by atoms with Gasteiger partial charge in [-0.1, -0.05) is 19.9 Å². The molecule has 2 aliphatic rings. The second-order valence-corrected chi connectivity index (χ2v) is 11.6. The number of carbonyl (C=O) groups excluding carboxylic acids is 2. The molecule has 1 unspecified atom stereocenters. The van der Waals surface area contributed by atoms with E-state index in [2.05, 4.69) is 50.5 Å². The Kier molecular flexibility index (Phi) is 8.57. The minimum Gasteiger partial charge on any atom is -0.466 e. The van der Waals surface area contributed by atoms with Gasteiger partial charge in [0.25, 0.3) is 5.91 Å². The molecule has 1 saturated heterocycles. The Labute approximate surface area is 237 Å². The standard InChI is InChI=1S/C33H42N4O3/c1-5-40-33(39)26-10-8-18-36(20-26)32(38)24-12-14-27(15-13-24)34-31(22(2)3)29-17-16-28(19-23(29)4)37-21-25-9-6-7-11-30(25)35-37/h12-17,19,21-22,26,31,34H,5-11,18,20H2,1-4H3/t26-,31?/m1/s1. The van der Waals surface area contributed by atoms with Gasteiger partial charge in [-0.25, -0.2) is 4.68 Å². The molecule has 40 heavy (non-hydrogen) atoms. The van der Waals surface area contributed by atoms with Crippen molar-refractivity contribution in [1.82, 2.24) is 14.7 Å². The first kappa shape index (κ1) is 27.9. The van der Waals surface area contributed by atoms with E-state index in [4.69, 9.17) is 9.84 Å². The lowest BCUT2D eigenvalue weighted by Gasteiger charge is -2.31. The van der Waals surface area contributed by atoms with Crippen LogP contribution in [0, 0.1) is 18.8 Å². The third kappa shape index (κ3) is 6.08. The molecule has 0 saturated carbocycles. The van der Waals surface area contributed by atoms with Crippen molar-refractivity contribution in [3.63, 3.8) is 0 Å². The Morgan fingerprint density at radius 1 is 1.07 bits per heavy atom. The van der Waals surface area contributed by atoms with Crippen LogP contribution in [0.25, 0.3) is 5.69 Å². The number of piperidine rings is 1. The maximum absolute atomic E-state index is 13.2. The zero-order chi connectivity index (χ0) is 28.2. The topological polar surface area (TPSA) is 76.5 Å². The number of nitrogens with zero attached hydrogens (tertiary/aromatic N) is 3. The fourth-order valence-corrected chi connectivity index (χ4v) is 6.04. The van der Waals surface area contributed by atoms with E-state index < -0.39 is 0 Å². The van der Waals surface area contributed by atoms with Gasteiger partial charge in [0.15, 0.2) is 0 Å². The quantitative estimate of drug-likeness (QED) is 0.339. The van der Waals surface area contributed by atoms with Gasteiger partial charge in [0, 0.05) is 30.5 Å². The minimum absolute atomic E-state index is 0.0345. The number of esters is 1. The highest BCUT2D eigenvalue weighted by Gasteiger charge is 2.30. The number of likely N-dealkylation sites (tertiary alicyclic amines) is 1. The monoisotopic (exact) mass is 542 g/mol. The fraction of sp³-hybridized carbons (Fsp3) is 0.485. The van der Waals surface area contributed by atoms with Crippen LogP contribution in [0.1, 0.15) is 85.2 Å². The molecule has 0 spiro atoms. The first-order valence-electron chi connectivity index (χ1n) is 14.8. The summed E-state index contributed by atoms with van der Waals surface area (Å²) in [6.07, 6.45) is 8.47. The van der Waals surface area contributed by atoms with Gasteiger partial charge >= 0.3 is 5.97 Å². The second-order valence-electron chi connectivity index (χ2n) is 11.6. The van der Waals surface area contributed by atoms with E-state index in [-0.39, 0.29) is 23.8 Å². The number of anilines is 1. The summed E-state index contributed by atoms with van der Waals surface area (Å²) in [6.45, 7) is 9.88. The Bertz CT molecular complexity index is 1320. The van der Waals surface area contributed by atoms with Crippen molar-refractivity contribution in [2.45, 2.75) is 72.3 Å². The zero-order valence-electron chi connectivity index (χ0n) is 24.3. The summed E-state index contributed by atoms with van der Waals surface area (Å²) < 4.78 is 7.23. The normalized spacial score (nSPS) is 17.8. The van der Waals surface area contributed by atoms with Gasteiger partial charge in [-0.2, -0.15) is 5.10 Å². The first-order valence-corrected chi connectivity index (χ1v) is 14.8. The van der Waals surface area contributed by atoms with Gasteiger partial charge in [-0.15, -0.1) is 0 Å². The Balaban J connectivity index is 1.27. The van der Waals surface area contributed by atoms with E-state index >= 15 is 0 Å². The number of rotatable bonds is 8. The van der Waals surface area contributed by atoms with Gasteiger partial charge in [0.1, 0.15) is 0 Å². The van der Waals surface area contributed by atoms with Crippen LogP contribution >= 0.6 is 0 Å². The molecular formula is C33H42N4O3. The number of fused-ring (bicyclic) bond motifs is 1.